The Bertz CT molecular complexity index is 588. The van der Waals surface area contributed by atoms with E-state index < -0.39 is 0 Å². The fourth-order valence-electron chi connectivity index (χ4n) is 2.93. The zero-order valence-electron chi connectivity index (χ0n) is 14.4. The van der Waals surface area contributed by atoms with Crippen LogP contribution in [0.2, 0.25) is 0 Å². The number of nitrogens with one attached hydrogen (secondary N) is 2. The largest absolute Gasteiger partial charge is 0.361 e. The van der Waals surface area contributed by atoms with Crippen molar-refractivity contribution in [2.75, 3.05) is 6.54 Å². The Balaban J connectivity index is 1.54. The van der Waals surface area contributed by atoms with Crippen LogP contribution < -0.4 is 5.32 Å². The van der Waals surface area contributed by atoms with E-state index in [0.29, 0.717) is 0 Å². The van der Waals surface area contributed by atoms with E-state index in [1.54, 1.807) is 0 Å². The number of aromatic nitrogens is 1. The number of unbranched alkanes of at least 4 members (excludes halogenated alkanes) is 8. The van der Waals surface area contributed by atoms with Gasteiger partial charge in [0, 0.05) is 23.8 Å². The molecule has 3 heteroatoms. The number of fused-ring (bicyclic) bond motifs is 1. The molecule has 0 unspecified atom stereocenters. The number of hydrogen-bond donors (Lipinski definition) is 2. The Morgan fingerprint density at radius 2 is 1.65 bits per heavy atom. The maximum Gasteiger partial charge on any atom is 0.251 e. The lowest BCUT2D eigenvalue weighted by Gasteiger charge is -2.06. The molecule has 0 aliphatic heterocycles. The summed E-state index contributed by atoms with van der Waals surface area (Å²) in [6.45, 7) is 3.03. The minimum absolute atomic E-state index is 0.0288. The van der Waals surface area contributed by atoms with Crippen LogP contribution in [-0.4, -0.2) is 17.4 Å². The van der Waals surface area contributed by atoms with Crippen LogP contribution in [0.25, 0.3) is 10.9 Å². The number of H-pyrrole nitrogens is 1. The van der Waals surface area contributed by atoms with Gasteiger partial charge < -0.3 is 10.3 Å². The van der Waals surface area contributed by atoms with Gasteiger partial charge in [-0.3, -0.25) is 4.79 Å². The molecule has 0 bridgehead atoms. The predicted molar refractivity (Wildman–Crippen MR) is 97.9 cm³/mol. The summed E-state index contributed by atoms with van der Waals surface area (Å²) in [5.74, 6) is 0.0288. The minimum atomic E-state index is 0.0288. The molecule has 1 aromatic carbocycles. The molecular formula is C20H30N2O. The van der Waals surface area contributed by atoms with Crippen LogP contribution in [0, 0.1) is 0 Å². The summed E-state index contributed by atoms with van der Waals surface area (Å²) in [5, 5.41) is 4.16. The molecule has 0 saturated heterocycles. The molecule has 23 heavy (non-hydrogen) atoms. The molecule has 0 spiro atoms. The van der Waals surface area contributed by atoms with E-state index in [9.17, 15) is 4.79 Å². The number of hydrogen-bond acceptors (Lipinski definition) is 1. The molecule has 0 radical (unpaired) electrons. The monoisotopic (exact) mass is 314 g/mol. The molecule has 1 heterocycles. The van der Waals surface area contributed by atoms with Crippen molar-refractivity contribution < 1.29 is 4.79 Å². The minimum Gasteiger partial charge on any atom is -0.361 e. The zero-order chi connectivity index (χ0) is 16.3. The second-order valence-electron chi connectivity index (χ2n) is 6.36. The van der Waals surface area contributed by atoms with Crippen molar-refractivity contribution in [1.82, 2.24) is 10.3 Å². The van der Waals surface area contributed by atoms with Gasteiger partial charge in [0.1, 0.15) is 0 Å². The first-order valence-electron chi connectivity index (χ1n) is 9.16. The van der Waals surface area contributed by atoms with Gasteiger partial charge in [0.2, 0.25) is 0 Å². The third-order valence-electron chi connectivity index (χ3n) is 4.38. The van der Waals surface area contributed by atoms with Gasteiger partial charge in [-0.2, -0.15) is 0 Å². The number of rotatable bonds is 11. The highest BCUT2D eigenvalue weighted by molar-refractivity contribution is 5.97. The number of carbonyl (C=O) groups is 1. The smallest absolute Gasteiger partial charge is 0.251 e. The van der Waals surface area contributed by atoms with Crippen molar-refractivity contribution in [3.63, 3.8) is 0 Å². The summed E-state index contributed by atoms with van der Waals surface area (Å²) in [7, 11) is 0. The van der Waals surface area contributed by atoms with Crippen LogP contribution in [0.1, 0.15) is 75.1 Å². The fraction of sp³-hybridized carbons (Fsp3) is 0.550. The van der Waals surface area contributed by atoms with E-state index in [1.807, 2.05) is 30.5 Å². The molecule has 0 atom stereocenters. The molecule has 0 saturated carbocycles. The van der Waals surface area contributed by atoms with E-state index in [2.05, 4.69) is 17.2 Å². The molecular weight excluding hydrogens is 284 g/mol. The molecule has 1 aromatic heterocycles. The van der Waals surface area contributed by atoms with Crippen LogP contribution in [0.3, 0.4) is 0 Å². The summed E-state index contributed by atoms with van der Waals surface area (Å²) in [6.07, 6.45) is 13.6. The molecule has 2 aromatic rings. The lowest BCUT2D eigenvalue weighted by Crippen LogP contribution is -2.24. The first kappa shape index (κ1) is 17.6. The molecule has 0 aliphatic rings. The van der Waals surface area contributed by atoms with Crippen LogP contribution in [0.4, 0.5) is 0 Å². The molecule has 2 rings (SSSR count). The number of carbonyl (C=O) groups excluding carboxylic acids is 1. The SMILES string of the molecule is CCCCCCCCCCCNC(=O)c1ccc2cc[nH]c2c1. The summed E-state index contributed by atoms with van der Waals surface area (Å²) in [4.78, 5) is 15.3. The van der Waals surface area contributed by atoms with Crippen LogP contribution in [-0.2, 0) is 0 Å². The summed E-state index contributed by atoms with van der Waals surface area (Å²) < 4.78 is 0. The number of amides is 1. The molecule has 0 fully saturated rings. The van der Waals surface area contributed by atoms with Gasteiger partial charge in [-0.1, -0.05) is 64.4 Å². The zero-order valence-corrected chi connectivity index (χ0v) is 14.4. The molecule has 0 aliphatic carbocycles. The lowest BCUT2D eigenvalue weighted by molar-refractivity contribution is 0.0953. The van der Waals surface area contributed by atoms with Crippen molar-refractivity contribution >= 4 is 16.8 Å². The average Bonchev–Trinajstić information content (AvgIpc) is 3.04. The van der Waals surface area contributed by atoms with E-state index in [4.69, 9.17) is 0 Å². The van der Waals surface area contributed by atoms with Crippen molar-refractivity contribution in [3.05, 3.63) is 36.0 Å². The van der Waals surface area contributed by atoms with Crippen LogP contribution >= 0.6 is 0 Å². The van der Waals surface area contributed by atoms with Crippen molar-refractivity contribution in [1.29, 1.82) is 0 Å². The van der Waals surface area contributed by atoms with Gasteiger partial charge in [0.25, 0.3) is 5.91 Å². The van der Waals surface area contributed by atoms with Gasteiger partial charge in [0.05, 0.1) is 0 Å². The maximum atomic E-state index is 12.1. The number of benzene rings is 1. The topological polar surface area (TPSA) is 44.9 Å². The van der Waals surface area contributed by atoms with Gasteiger partial charge in [0.15, 0.2) is 0 Å². The highest BCUT2D eigenvalue weighted by Crippen LogP contribution is 2.14. The Morgan fingerprint density at radius 1 is 0.957 bits per heavy atom. The Hall–Kier alpha value is -1.77. The van der Waals surface area contributed by atoms with Crippen molar-refractivity contribution in [3.8, 4) is 0 Å². The third kappa shape index (κ3) is 6.09. The van der Waals surface area contributed by atoms with Gasteiger partial charge >= 0.3 is 0 Å². The Kier molecular flexibility index (Phi) is 7.71. The number of aromatic amines is 1. The first-order chi connectivity index (χ1) is 11.3. The standard InChI is InChI=1S/C20H30N2O/c1-2-3-4-5-6-7-8-9-10-14-22-20(23)18-12-11-17-13-15-21-19(17)16-18/h11-13,15-16,21H,2-10,14H2,1H3,(H,22,23). The molecule has 126 valence electrons. The summed E-state index contributed by atoms with van der Waals surface area (Å²) in [5.41, 5.74) is 1.75. The predicted octanol–water partition coefficient (Wildman–Crippen LogP) is 5.43. The first-order valence-corrected chi connectivity index (χ1v) is 9.16. The van der Waals surface area contributed by atoms with E-state index in [-0.39, 0.29) is 5.91 Å². The van der Waals surface area contributed by atoms with Gasteiger partial charge in [-0.15, -0.1) is 0 Å². The van der Waals surface area contributed by atoms with Gasteiger partial charge in [-0.05, 0) is 30.0 Å². The summed E-state index contributed by atoms with van der Waals surface area (Å²) in [6, 6.07) is 7.81. The van der Waals surface area contributed by atoms with Crippen molar-refractivity contribution in [2.24, 2.45) is 0 Å². The molecule has 2 N–H and O–H groups in total. The summed E-state index contributed by atoms with van der Waals surface area (Å²) >= 11 is 0. The second-order valence-corrected chi connectivity index (χ2v) is 6.36. The Morgan fingerprint density at radius 3 is 2.39 bits per heavy atom. The van der Waals surface area contributed by atoms with Crippen LogP contribution in [0.15, 0.2) is 30.5 Å². The molecule has 1 amide bonds. The van der Waals surface area contributed by atoms with E-state index >= 15 is 0 Å². The third-order valence-corrected chi connectivity index (χ3v) is 4.38. The maximum absolute atomic E-state index is 12.1. The van der Waals surface area contributed by atoms with Crippen molar-refractivity contribution in [2.45, 2.75) is 64.7 Å². The van der Waals surface area contributed by atoms with E-state index in [1.165, 1.54) is 51.4 Å². The molecule has 3 nitrogen and oxygen atoms in total. The van der Waals surface area contributed by atoms with E-state index in [0.717, 1.165) is 29.4 Å². The van der Waals surface area contributed by atoms with Gasteiger partial charge in [-0.25, -0.2) is 0 Å². The van der Waals surface area contributed by atoms with Crippen LogP contribution in [0.5, 0.6) is 0 Å². The lowest BCUT2D eigenvalue weighted by atomic mass is 10.1. The quantitative estimate of drug-likeness (QED) is 0.534. The average molecular weight is 314 g/mol. The highest BCUT2D eigenvalue weighted by atomic mass is 16.1. The highest BCUT2D eigenvalue weighted by Gasteiger charge is 2.05. The second kappa shape index (κ2) is 10.1. The Labute approximate surface area is 139 Å². The normalized spacial score (nSPS) is 11.0. The fourth-order valence-corrected chi connectivity index (χ4v) is 2.93.